The van der Waals surface area contributed by atoms with Crippen molar-refractivity contribution in [1.29, 1.82) is 5.26 Å². The smallest absolute Gasteiger partial charge is 0.137 e. The van der Waals surface area contributed by atoms with Gasteiger partial charge in [0, 0.05) is 59.7 Å². The van der Waals surface area contributed by atoms with Crippen LogP contribution in [0.2, 0.25) is 0 Å². The van der Waals surface area contributed by atoms with Crippen molar-refractivity contribution in [3.8, 4) is 11.8 Å². The Bertz CT molecular complexity index is 1870. The Morgan fingerprint density at radius 3 is 1.82 bits per heavy atom. The van der Waals surface area contributed by atoms with Gasteiger partial charge in [0.05, 0.1) is 23.2 Å². The molecule has 0 radical (unpaired) electrons. The Kier molecular flexibility index (Phi) is 9.08. The molecule has 0 unspecified atom stereocenters. The van der Waals surface area contributed by atoms with Crippen LogP contribution in [-0.4, -0.2) is 41.3 Å². The first kappa shape index (κ1) is 30.3. The Hall–Kier alpha value is -4.74. The summed E-state index contributed by atoms with van der Waals surface area (Å²) in [4.78, 5) is 14.1. The van der Waals surface area contributed by atoms with E-state index in [0.717, 1.165) is 65.1 Å². The van der Waals surface area contributed by atoms with Crippen LogP contribution < -0.4 is 14.5 Å². The van der Waals surface area contributed by atoms with E-state index in [1.165, 1.54) is 60.6 Å². The number of anilines is 2. The lowest BCUT2D eigenvalue weighted by Gasteiger charge is -2.20. The topological polar surface area (TPSA) is 85.5 Å². The molecule has 8 heteroatoms. The number of halogens is 1. The zero-order valence-electron chi connectivity index (χ0n) is 25.9. The molecule has 1 N–H and O–H groups in total. The number of hydrogen-bond donors (Lipinski definition) is 1. The van der Waals surface area contributed by atoms with E-state index in [9.17, 15) is 9.50 Å². The molecule has 7 nitrogen and oxygen atoms in total. The van der Waals surface area contributed by atoms with Crippen LogP contribution in [-0.2, 0) is 13.2 Å². The van der Waals surface area contributed by atoms with Crippen LogP contribution in [0.15, 0.2) is 66.7 Å². The summed E-state index contributed by atoms with van der Waals surface area (Å²) in [6.07, 6.45) is 5.01. The molecule has 0 atom stereocenters. The van der Waals surface area contributed by atoms with Crippen molar-refractivity contribution < 1.29 is 14.2 Å². The highest BCUT2D eigenvalue weighted by atomic mass is 19.1. The maximum Gasteiger partial charge on any atom is 0.137 e. The normalized spacial score (nSPS) is 14.5. The van der Waals surface area contributed by atoms with Crippen molar-refractivity contribution in [2.45, 2.75) is 52.7 Å². The third-order valence-electron chi connectivity index (χ3n) is 8.49. The van der Waals surface area contributed by atoms with Gasteiger partial charge in [-0.2, -0.15) is 5.26 Å². The Labute approximate surface area is 263 Å². The summed E-state index contributed by atoms with van der Waals surface area (Å²) in [5, 5.41) is 20.7. The predicted octanol–water partition coefficient (Wildman–Crippen LogP) is 7.37. The van der Waals surface area contributed by atoms with E-state index in [1.807, 2.05) is 44.2 Å². The van der Waals surface area contributed by atoms with Gasteiger partial charge < -0.3 is 19.6 Å². The Morgan fingerprint density at radius 2 is 1.29 bits per heavy atom. The van der Waals surface area contributed by atoms with E-state index >= 15 is 0 Å². The highest BCUT2D eigenvalue weighted by Gasteiger charge is 2.17. The molecule has 3 aromatic carbocycles. The van der Waals surface area contributed by atoms with Gasteiger partial charge >= 0.3 is 0 Å². The number of rotatable bonds is 6. The van der Waals surface area contributed by atoms with Crippen molar-refractivity contribution in [1.82, 2.24) is 9.97 Å². The molecule has 4 heterocycles. The molecule has 230 valence electrons. The third kappa shape index (κ3) is 6.84. The van der Waals surface area contributed by atoms with Crippen molar-refractivity contribution in [2.75, 3.05) is 36.0 Å². The lowest BCUT2D eigenvalue weighted by molar-refractivity contribution is 0.282. The predicted molar refractivity (Wildman–Crippen MR) is 177 cm³/mol. The lowest BCUT2D eigenvalue weighted by Crippen LogP contribution is -2.18. The van der Waals surface area contributed by atoms with E-state index in [0.29, 0.717) is 12.4 Å². The Balaban J connectivity index is 0.000000172. The van der Waals surface area contributed by atoms with Gasteiger partial charge in [-0.1, -0.05) is 24.3 Å². The molecule has 2 aliphatic heterocycles. The van der Waals surface area contributed by atoms with Gasteiger partial charge in [-0.15, -0.1) is 0 Å². The summed E-state index contributed by atoms with van der Waals surface area (Å²) >= 11 is 0. The number of ether oxygens (including phenoxy) is 1. The number of pyridine rings is 2. The molecule has 0 aliphatic carbocycles. The first-order valence-electron chi connectivity index (χ1n) is 15.7. The maximum atomic E-state index is 13.3. The lowest BCUT2D eigenvalue weighted by atomic mass is 10.1. The molecular weight excluding hydrogens is 565 g/mol. The van der Waals surface area contributed by atoms with Crippen LogP contribution in [0.25, 0.3) is 21.8 Å². The molecule has 0 bridgehead atoms. The molecule has 7 rings (SSSR count). The molecule has 45 heavy (non-hydrogen) atoms. The second-order valence-electron chi connectivity index (χ2n) is 11.9. The summed E-state index contributed by atoms with van der Waals surface area (Å²) in [7, 11) is 0. The van der Waals surface area contributed by atoms with Crippen LogP contribution in [0.3, 0.4) is 0 Å². The van der Waals surface area contributed by atoms with Crippen LogP contribution >= 0.6 is 0 Å². The quantitative estimate of drug-likeness (QED) is 0.217. The van der Waals surface area contributed by atoms with Crippen molar-refractivity contribution in [2.24, 2.45) is 0 Å². The fraction of sp³-hybridized carbons (Fsp3) is 0.324. The van der Waals surface area contributed by atoms with Crippen molar-refractivity contribution >= 4 is 33.2 Å². The number of nitriles is 1. The molecule has 5 aromatic rings. The molecular formula is C37H38FN5O2. The number of aliphatic hydroxyl groups excluding tert-OH is 1. The van der Waals surface area contributed by atoms with E-state index < -0.39 is 5.82 Å². The summed E-state index contributed by atoms with van der Waals surface area (Å²) in [5.41, 5.74) is 8.58. The van der Waals surface area contributed by atoms with Crippen LogP contribution in [0.5, 0.6) is 5.75 Å². The van der Waals surface area contributed by atoms with Gasteiger partial charge in [-0.25, -0.2) is 4.39 Å². The molecule has 2 aliphatic rings. The number of hydrogen-bond acceptors (Lipinski definition) is 7. The molecule has 0 spiro atoms. The monoisotopic (exact) mass is 603 g/mol. The van der Waals surface area contributed by atoms with E-state index in [4.69, 9.17) is 10.00 Å². The second kappa shape index (κ2) is 13.5. The van der Waals surface area contributed by atoms with Crippen molar-refractivity contribution in [3.63, 3.8) is 0 Å². The largest absolute Gasteiger partial charge is 0.488 e. The fourth-order valence-electron chi connectivity index (χ4n) is 6.27. The number of aryl methyl sites for hydroxylation is 2. The average molecular weight is 604 g/mol. The second-order valence-corrected chi connectivity index (χ2v) is 11.9. The highest BCUT2D eigenvalue weighted by molar-refractivity contribution is 5.93. The summed E-state index contributed by atoms with van der Waals surface area (Å²) < 4.78 is 19.0. The first-order valence-corrected chi connectivity index (χ1v) is 15.7. The highest BCUT2D eigenvalue weighted by Crippen LogP contribution is 2.32. The van der Waals surface area contributed by atoms with Crippen molar-refractivity contribution in [3.05, 3.63) is 101 Å². The summed E-state index contributed by atoms with van der Waals surface area (Å²) in [6.45, 7) is 8.87. The molecule has 2 fully saturated rings. The van der Waals surface area contributed by atoms with Gasteiger partial charge in [0.1, 0.15) is 24.2 Å². The summed E-state index contributed by atoms with van der Waals surface area (Å²) in [6, 6.07) is 22.5. The first-order chi connectivity index (χ1) is 21.9. The minimum absolute atomic E-state index is 0.0740. The van der Waals surface area contributed by atoms with Gasteiger partial charge in [0.25, 0.3) is 0 Å². The fourth-order valence-corrected chi connectivity index (χ4v) is 6.27. The SMILES string of the molecule is Cc1cc(N2CCCC2)c2ccc(CO)cc2n1.Cc1cc(N2CCCC2)c2ccc(COc3ccc(F)cc3C#N)cc2n1. The van der Waals surface area contributed by atoms with E-state index in [2.05, 4.69) is 44.0 Å². The number of benzene rings is 3. The summed E-state index contributed by atoms with van der Waals surface area (Å²) in [5.74, 6) is -0.0623. The third-order valence-corrected chi connectivity index (χ3v) is 8.49. The Morgan fingerprint density at radius 1 is 0.756 bits per heavy atom. The number of nitrogens with zero attached hydrogens (tertiary/aromatic N) is 5. The van der Waals surface area contributed by atoms with Gasteiger partial charge in [0.2, 0.25) is 0 Å². The van der Waals surface area contributed by atoms with E-state index in [-0.39, 0.29) is 12.2 Å². The van der Waals surface area contributed by atoms with Gasteiger partial charge in [0.15, 0.2) is 0 Å². The van der Waals surface area contributed by atoms with Crippen LogP contribution in [0.4, 0.5) is 15.8 Å². The van der Waals surface area contributed by atoms with Crippen LogP contribution in [0, 0.1) is 31.0 Å². The van der Waals surface area contributed by atoms with Gasteiger partial charge in [-0.05, 0) is 93.1 Å². The van der Waals surface area contributed by atoms with Crippen LogP contribution in [0.1, 0.15) is 53.8 Å². The number of aromatic nitrogens is 2. The average Bonchev–Trinajstić information content (AvgIpc) is 3.79. The zero-order chi connectivity index (χ0) is 31.3. The standard InChI is InChI=1S/C22H20FN3O.C15H18N2O/c1-15-10-21(26-8-2-3-9-26)19-6-4-16(11-20(19)25-15)14-27-22-7-5-18(23)12-17(22)13-24;1-11-8-15(17-6-2-3-7-17)13-5-4-12(10-18)9-14(13)16-11/h4-7,10-12H,2-3,8-9,14H2,1H3;4-5,8-9,18H,2-3,6-7,10H2,1H3. The minimum atomic E-state index is -0.446. The molecule has 2 aromatic heterocycles. The number of aliphatic hydroxyl groups is 1. The van der Waals surface area contributed by atoms with E-state index in [1.54, 1.807) is 0 Å². The molecule has 0 amide bonds. The molecule has 0 saturated carbocycles. The zero-order valence-corrected chi connectivity index (χ0v) is 25.9. The molecule has 2 saturated heterocycles. The number of fused-ring (bicyclic) bond motifs is 2. The van der Waals surface area contributed by atoms with Gasteiger partial charge in [-0.3, -0.25) is 9.97 Å². The maximum absolute atomic E-state index is 13.3. The minimum Gasteiger partial charge on any atom is -0.488 e.